The first-order chi connectivity index (χ1) is 22.6. The molecule has 0 bridgehead atoms. The fourth-order valence-corrected chi connectivity index (χ4v) is 12.0. The number of rotatable bonds is 11. The highest BCUT2D eigenvalue weighted by Gasteiger charge is 2.43. The van der Waals surface area contributed by atoms with Crippen molar-refractivity contribution in [3.8, 4) is 0 Å². The Morgan fingerprint density at radius 2 is 1.42 bits per heavy atom. The van der Waals surface area contributed by atoms with Crippen molar-refractivity contribution >= 4 is 44.7 Å². The predicted molar refractivity (Wildman–Crippen MR) is 202 cm³/mol. The average molecular weight is 691 g/mol. The summed E-state index contributed by atoms with van der Waals surface area (Å²) >= 11 is 0. The van der Waals surface area contributed by atoms with Gasteiger partial charge in [0.2, 0.25) is 0 Å². The highest BCUT2D eigenvalue weighted by molar-refractivity contribution is 7.93. The van der Waals surface area contributed by atoms with E-state index in [0.29, 0.717) is 27.3 Å². The Kier molecular flexibility index (Phi) is 10.8. The van der Waals surface area contributed by atoms with Crippen LogP contribution in [0.25, 0.3) is 10.9 Å². The van der Waals surface area contributed by atoms with Gasteiger partial charge in [-0.05, 0) is 83.2 Å². The number of fused-ring (bicyclic) bond motifs is 1. The fourth-order valence-electron chi connectivity index (χ4n) is 7.46. The van der Waals surface area contributed by atoms with Crippen molar-refractivity contribution in [3.63, 3.8) is 0 Å². The summed E-state index contributed by atoms with van der Waals surface area (Å²) in [7, 11) is -6.18. The number of nitrogens with one attached hydrogen (secondary N) is 1. The normalized spacial score (nSPS) is 20.2. The molecule has 6 nitrogen and oxygen atoms in total. The summed E-state index contributed by atoms with van der Waals surface area (Å²) in [5.74, 6) is 1.52. The number of nitrogens with zero attached hydrogens (tertiary/aromatic N) is 1. The van der Waals surface area contributed by atoms with E-state index < -0.39 is 17.4 Å². The monoisotopic (exact) mass is 690 g/mol. The van der Waals surface area contributed by atoms with Gasteiger partial charge in [0.05, 0.1) is 21.8 Å². The Hall–Kier alpha value is -2.86. The molecule has 4 aromatic rings. The summed E-state index contributed by atoms with van der Waals surface area (Å²) in [6.45, 7) is 19.1. The van der Waals surface area contributed by atoms with Gasteiger partial charge >= 0.3 is 0 Å². The third-order valence-corrected chi connectivity index (χ3v) is 14.4. The third-order valence-electron chi connectivity index (χ3n) is 10.3. The minimum Gasteiger partial charge on any atom is -0.329 e. The van der Waals surface area contributed by atoms with Crippen LogP contribution in [0.5, 0.6) is 0 Å². The molecule has 0 amide bonds. The molecule has 0 spiro atoms. The lowest BCUT2D eigenvalue weighted by Gasteiger charge is -2.39. The van der Waals surface area contributed by atoms with Gasteiger partial charge in [-0.15, -0.1) is 0 Å². The Bertz CT molecular complexity index is 1880. The smallest absolute Gasteiger partial charge is 0.265 e. The maximum absolute atomic E-state index is 16.0. The van der Waals surface area contributed by atoms with E-state index in [1.54, 1.807) is 0 Å². The largest absolute Gasteiger partial charge is 0.329 e. The van der Waals surface area contributed by atoms with E-state index in [0.717, 1.165) is 46.9 Å². The topological polar surface area (TPSA) is 77.4 Å². The van der Waals surface area contributed by atoms with Gasteiger partial charge in [-0.1, -0.05) is 117 Å². The van der Waals surface area contributed by atoms with E-state index in [9.17, 15) is 8.42 Å². The maximum Gasteiger partial charge on any atom is 0.265 e. The second-order valence-electron chi connectivity index (χ2n) is 15.2. The predicted octanol–water partition coefficient (Wildman–Crippen LogP) is 10.1. The van der Waals surface area contributed by atoms with E-state index in [1.165, 1.54) is 0 Å². The zero-order chi connectivity index (χ0) is 35.1. The Morgan fingerprint density at radius 3 is 1.98 bits per heavy atom. The van der Waals surface area contributed by atoms with E-state index in [4.69, 9.17) is 4.52 Å². The molecule has 0 saturated heterocycles. The van der Waals surface area contributed by atoms with Gasteiger partial charge in [0.25, 0.3) is 17.4 Å². The molecule has 260 valence electrons. The van der Waals surface area contributed by atoms with Gasteiger partial charge in [-0.3, -0.25) is 9.29 Å². The molecule has 8 heteroatoms. The zero-order valence-corrected chi connectivity index (χ0v) is 32.2. The van der Waals surface area contributed by atoms with E-state index in [-0.39, 0.29) is 35.6 Å². The van der Waals surface area contributed by atoms with Crippen LogP contribution in [0.3, 0.4) is 0 Å². The molecule has 5 rings (SSSR count). The average Bonchev–Trinajstić information content (AvgIpc) is 3.31. The van der Waals surface area contributed by atoms with Gasteiger partial charge in [0.15, 0.2) is 0 Å². The fraction of sp³-hybridized carbons (Fsp3) is 0.500. The zero-order valence-electron chi connectivity index (χ0n) is 30.4. The number of sulfonamides is 1. The van der Waals surface area contributed by atoms with Gasteiger partial charge in [-0.25, -0.2) is 8.42 Å². The van der Waals surface area contributed by atoms with Crippen molar-refractivity contribution < 1.29 is 17.5 Å². The Balaban J connectivity index is 1.78. The van der Waals surface area contributed by atoms with Crippen molar-refractivity contribution in [2.24, 2.45) is 24.8 Å². The van der Waals surface area contributed by atoms with Crippen LogP contribution in [0.15, 0.2) is 71.6 Å². The number of hydrogen-bond acceptors (Lipinski definition) is 4. The summed E-state index contributed by atoms with van der Waals surface area (Å²) in [4.78, 5) is 0.310. The molecule has 1 aliphatic carbocycles. The summed E-state index contributed by atoms with van der Waals surface area (Å²) < 4.78 is 57.7. The second kappa shape index (κ2) is 14.2. The maximum atomic E-state index is 16.0. The molecular weight excluding hydrogens is 635 g/mol. The van der Waals surface area contributed by atoms with Crippen LogP contribution in [0.2, 0.25) is 0 Å². The minimum atomic E-state index is -4.16. The van der Waals surface area contributed by atoms with Crippen LogP contribution in [-0.4, -0.2) is 19.1 Å². The molecule has 1 heterocycles. The number of para-hydroxylation sites is 1. The molecule has 0 aliphatic heterocycles. The van der Waals surface area contributed by atoms with Gasteiger partial charge in [0, 0.05) is 17.7 Å². The quantitative estimate of drug-likeness (QED) is 0.159. The van der Waals surface area contributed by atoms with Crippen LogP contribution in [-0.2, 0) is 26.2 Å². The van der Waals surface area contributed by atoms with Crippen LogP contribution >= 0.6 is 7.37 Å². The van der Waals surface area contributed by atoms with E-state index in [1.807, 2.05) is 106 Å². The number of anilines is 1. The minimum absolute atomic E-state index is 0.0280. The molecule has 1 unspecified atom stereocenters. The molecular formula is C40H55N2O4PS. The van der Waals surface area contributed by atoms with Crippen molar-refractivity contribution in [2.75, 3.05) is 4.72 Å². The van der Waals surface area contributed by atoms with Crippen LogP contribution in [0.1, 0.15) is 116 Å². The molecule has 1 N–H and O–H groups in total. The lowest BCUT2D eigenvalue weighted by Crippen LogP contribution is -2.36. The molecule has 0 radical (unpaired) electrons. The second-order valence-corrected chi connectivity index (χ2v) is 19.1. The van der Waals surface area contributed by atoms with Crippen molar-refractivity contribution in [3.05, 3.63) is 83.4 Å². The summed E-state index contributed by atoms with van der Waals surface area (Å²) in [5, 5.41) is 1.69. The van der Waals surface area contributed by atoms with Crippen molar-refractivity contribution in [1.29, 1.82) is 0 Å². The highest BCUT2D eigenvalue weighted by Crippen LogP contribution is 2.54. The lowest BCUT2D eigenvalue weighted by atomic mass is 9.75. The first-order valence-electron chi connectivity index (χ1n) is 17.7. The summed E-state index contributed by atoms with van der Waals surface area (Å²) in [6.07, 6.45) is 2.70. The van der Waals surface area contributed by atoms with Gasteiger partial charge in [0.1, 0.15) is 5.82 Å². The number of benzene rings is 3. The highest BCUT2D eigenvalue weighted by atomic mass is 32.2. The standard InChI is InChI=1S/C40H55N2O4PS/c1-25(2)30-23-34(27(5)6)39(35(24-30)28(7)8)48(44,45)41-40-38(33-18-14-15-19-36(33)42(40)10)47(43,31-16-12-11-13-17-31)46-37-22-29(9)20-21-32(37)26(3)4/h11-19,23-29,32,37,41H,20-22H2,1-10H3/t29-,32+,37-,47?/m1/s1. The van der Waals surface area contributed by atoms with Crippen molar-refractivity contribution in [2.45, 2.75) is 110 Å². The first kappa shape index (κ1) is 36.4. The van der Waals surface area contributed by atoms with Crippen LogP contribution < -0.4 is 15.3 Å². The lowest BCUT2D eigenvalue weighted by molar-refractivity contribution is 0.0515. The van der Waals surface area contributed by atoms with Crippen molar-refractivity contribution in [1.82, 2.24) is 4.57 Å². The number of hydrogen-bond donors (Lipinski definition) is 1. The molecule has 1 aliphatic rings. The van der Waals surface area contributed by atoms with Gasteiger partial charge < -0.3 is 9.09 Å². The van der Waals surface area contributed by atoms with Crippen LogP contribution in [0, 0.1) is 17.8 Å². The number of aryl methyl sites for hydroxylation is 1. The SMILES string of the molecule is CC(C)c1cc(C(C)C)c(S(=O)(=O)Nc2c(P(=O)(O[C@@H]3C[C@H](C)CC[C@H]3C(C)C)c3ccccc3)c3ccccc3n2C)c(C(C)C)c1. The Labute approximate surface area is 289 Å². The Morgan fingerprint density at radius 1 is 0.833 bits per heavy atom. The molecule has 4 atom stereocenters. The molecule has 1 aromatic heterocycles. The summed E-state index contributed by atoms with van der Waals surface area (Å²) in [5.41, 5.74) is 3.48. The number of aromatic nitrogens is 1. The van der Waals surface area contributed by atoms with E-state index >= 15 is 4.57 Å². The summed E-state index contributed by atoms with van der Waals surface area (Å²) in [6, 6.07) is 21.2. The molecule has 1 saturated carbocycles. The van der Waals surface area contributed by atoms with E-state index in [2.05, 4.69) is 39.3 Å². The molecule has 48 heavy (non-hydrogen) atoms. The molecule has 3 aromatic carbocycles. The van der Waals surface area contributed by atoms with Gasteiger partial charge in [-0.2, -0.15) is 0 Å². The van der Waals surface area contributed by atoms with Crippen LogP contribution in [0.4, 0.5) is 5.82 Å². The first-order valence-corrected chi connectivity index (χ1v) is 20.8. The molecule has 1 fully saturated rings. The third kappa shape index (κ3) is 6.93.